The number of nitrogens with one attached hydrogen (secondary N) is 1. The number of rotatable bonds is 4. The maximum Gasteiger partial charge on any atom is 0.268 e. The molecule has 1 saturated carbocycles. The van der Waals surface area contributed by atoms with E-state index in [4.69, 9.17) is 0 Å². The number of carbonyl (C=O) groups excluding carboxylic acids is 1. The summed E-state index contributed by atoms with van der Waals surface area (Å²) in [6.07, 6.45) is 4.66. The van der Waals surface area contributed by atoms with Gasteiger partial charge in [0.15, 0.2) is 0 Å². The Hall–Kier alpha value is -2.14. The number of hydrogen-bond donors (Lipinski definition) is 1. The van der Waals surface area contributed by atoms with Gasteiger partial charge in [-0.1, -0.05) is 31.0 Å². The molecule has 0 saturated heterocycles. The van der Waals surface area contributed by atoms with Crippen molar-refractivity contribution in [3.05, 3.63) is 58.9 Å². The molecule has 0 bridgehead atoms. The minimum atomic E-state index is -0.287. The normalized spacial score (nSPS) is 15.2. The third-order valence-electron chi connectivity index (χ3n) is 4.78. The van der Waals surface area contributed by atoms with Gasteiger partial charge in [-0.3, -0.25) is 4.79 Å². The smallest absolute Gasteiger partial charge is 0.268 e. The molecule has 3 aromatic rings. The zero-order valence-corrected chi connectivity index (χ0v) is 14.1. The largest absolute Gasteiger partial charge is 0.347 e. The van der Waals surface area contributed by atoms with Crippen LogP contribution in [-0.2, 0) is 6.54 Å². The number of hydrogen-bond acceptors (Lipinski definition) is 2. The lowest BCUT2D eigenvalue weighted by Gasteiger charge is -2.17. The van der Waals surface area contributed by atoms with E-state index in [1.807, 2.05) is 6.07 Å². The summed E-state index contributed by atoms with van der Waals surface area (Å²) >= 11 is 1.65. The van der Waals surface area contributed by atoms with Crippen LogP contribution in [0.15, 0.2) is 41.8 Å². The molecule has 1 fully saturated rings. The number of halogens is 1. The van der Waals surface area contributed by atoms with Gasteiger partial charge in [0, 0.05) is 18.2 Å². The average molecular weight is 342 g/mol. The van der Waals surface area contributed by atoms with Crippen LogP contribution in [0.3, 0.4) is 0 Å². The molecule has 0 atom stereocenters. The van der Waals surface area contributed by atoms with Crippen LogP contribution in [0.25, 0.3) is 10.2 Å². The van der Waals surface area contributed by atoms with Crippen molar-refractivity contribution in [3.8, 4) is 0 Å². The van der Waals surface area contributed by atoms with Gasteiger partial charge in [0.25, 0.3) is 5.91 Å². The first-order chi connectivity index (χ1) is 11.7. The van der Waals surface area contributed by atoms with E-state index in [9.17, 15) is 9.18 Å². The van der Waals surface area contributed by atoms with Crippen molar-refractivity contribution in [3.63, 3.8) is 0 Å². The first kappa shape index (κ1) is 15.4. The molecule has 1 aliphatic carbocycles. The standard InChI is InChI=1S/C19H19FN2OS/c20-15-8-4-1-5-13(15)12-21-19(23)17-11-18-16(9-10-24-18)22(17)14-6-2-3-7-14/h1,4-5,8-11,14H,2-3,6-7,12H2,(H,21,23). The minimum absolute atomic E-state index is 0.131. The second kappa shape index (κ2) is 6.40. The maximum atomic E-state index is 13.7. The molecule has 1 aromatic carbocycles. The minimum Gasteiger partial charge on any atom is -0.347 e. The predicted octanol–water partition coefficient (Wildman–Crippen LogP) is 4.89. The predicted molar refractivity (Wildman–Crippen MR) is 94.9 cm³/mol. The summed E-state index contributed by atoms with van der Waals surface area (Å²) in [6, 6.07) is 11.0. The number of carbonyl (C=O) groups is 1. The molecule has 3 nitrogen and oxygen atoms in total. The number of thiophene rings is 1. The van der Waals surface area contributed by atoms with Crippen molar-refractivity contribution >= 4 is 27.5 Å². The van der Waals surface area contributed by atoms with Gasteiger partial charge in [-0.05, 0) is 36.4 Å². The summed E-state index contributed by atoms with van der Waals surface area (Å²) in [5.74, 6) is -0.418. The molecule has 24 heavy (non-hydrogen) atoms. The first-order valence-electron chi connectivity index (χ1n) is 8.34. The molecule has 0 unspecified atom stereocenters. The van der Waals surface area contributed by atoms with Crippen molar-refractivity contribution < 1.29 is 9.18 Å². The van der Waals surface area contributed by atoms with Crippen LogP contribution in [0.2, 0.25) is 0 Å². The van der Waals surface area contributed by atoms with Crippen LogP contribution in [-0.4, -0.2) is 10.5 Å². The van der Waals surface area contributed by atoms with Crippen LogP contribution in [0, 0.1) is 5.82 Å². The monoisotopic (exact) mass is 342 g/mol. The van der Waals surface area contributed by atoms with Crippen LogP contribution < -0.4 is 5.32 Å². The fraction of sp³-hybridized carbons (Fsp3) is 0.316. The lowest BCUT2D eigenvalue weighted by molar-refractivity contribution is 0.0939. The van der Waals surface area contributed by atoms with Gasteiger partial charge in [0.05, 0.1) is 10.2 Å². The Labute approximate surface area is 144 Å². The number of aromatic nitrogens is 1. The van der Waals surface area contributed by atoms with Crippen molar-refractivity contribution in [1.82, 2.24) is 9.88 Å². The fourth-order valence-corrected chi connectivity index (χ4v) is 4.39. The second-order valence-electron chi connectivity index (χ2n) is 6.28. The zero-order chi connectivity index (χ0) is 16.5. The molecule has 0 spiro atoms. The lowest BCUT2D eigenvalue weighted by atomic mass is 10.2. The fourth-order valence-electron chi connectivity index (χ4n) is 3.58. The van der Waals surface area contributed by atoms with Crippen LogP contribution in [0.5, 0.6) is 0 Å². The summed E-state index contributed by atoms with van der Waals surface area (Å²) in [5.41, 5.74) is 2.34. The van der Waals surface area contributed by atoms with Crippen molar-refractivity contribution in [2.24, 2.45) is 0 Å². The molecule has 1 N–H and O–H groups in total. The summed E-state index contributed by atoms with van der Waals surface area (Å²) in [5, 5.41) is 4.94. The Balaban J connectivity index is 1.61. The molecule has 2 heterocycles. The zero-order valence-electron chi connectivity index (χ0n) is 13.3. The van der Waals surface area contributed by atoms with Crippen LogP contribution >= 0.6 is 11.3 Å². The summed E-state index contributed by atoms with van der Waals surface area (Å²) in [4.78, 5) is 12.7. The van der Waals surface area contributed by atoms with Gasteiger partial charge < -0.3 is 9.88 Å². The van der Waals surface area contributed by atoms with Gasteiger partial charge in [-0.25, -0.2) is 4.39 Å². The van der Waals surface area contributed by atoms with E-state index in [1.54, 1.807) is 29.5 Å². The molecule has 4 rings (SSSR count). The first-order valence-corrected chi connectivity index (χ1v) is 9.22. The van der Waals surface area contributed by atoms with Crippen molar-refractivity contribution in [2.75, 3.05) is 0 Å². The topological polar surface area (TPSA) is 34.0 Å². The van der Waals surface area contributed by atoms with Crippen molar-refractivity contribution in [1.29, 1.82) is 0 Å². The van der Waals surface area contributed by atoms with Crippen LogP contribution in [0.1, 0.15) is 47.8 Å². The highest BCUT2D eigenvalue weighted by molar-refractivity contribution is 7.17. The number of nitrogens with zero attached hydrogens (tertiary/aromatic N) is 1. The van der Waals surface area contributed by atoms with Gasteiger partial charge in [-0.2, -0.15) is 0 Å². The van der Waals surface area contributed by atoms with Gasteiger partial charge >= 0.3 is 0 Å². The van der Waals surface area contributed by atoms with E-state index in [-0.39, 0.29) is 18.3 Å². The summed E-state index contributed by atoms with van der Waals surface area (Å²) < 4.78 is 17.1. The lowest BCUT2D eigenvalue weighted by Crippen LogP contribution is -2.26. The molecule has 1 amide bonds. The Kier molecular flexibility index (Phi) is 4.10. The maximum absolute atomic E-state index is 13.7. The highest BCUT2D eigenvalue weighted by Crippen LogP contribution is 2.36. The van der Waals surface area contributed by atoms with Gasteiger partial charge in [0.1, 0.15) is 11.5 Å². The highest BCUT2D eigenvalue weighted by Gasteiger charge is 2.24. The SMILES string of the molecule is O=C(NCc1ccccc1F)c1cc2sccc2n1C1CCCC1. The van der Waals surface area contributed by atoms with Gasteiger partial charge in [-0.15, -0.1) is 11.3 Å². The second-order valence-corrected chi connectivity index (χ2v) is 7.23. The number of benzene rings is 1. The van der Waals surface area contributed by atoms with Gasteiger partial charge in [0.2, 0.25) is 0 Å². The average Bonchev–Trinajstić information content (AvgIpc) is 3.29. The van der Waals surface area contributed by atoms with E-state index in [2.05, 4.69) is 21.3 Å². The molecular weight excluding hydrogens is 323 g/mol. The molecule has 0 aliphatic heterocycles. The molecule has 1 aliphatic rings. The third-order valence-corrected chi connectivity index (χ3v) is 5.63. The molecular formula is C19H19FN2OS. The number of fused-ring (bicyclic) bond motifs is 1. The Morgan fingerprint density at radius 3 is 2.83 bits per heavy atom. The molecule has 124 valence electrons. The Bertz CT molecular complexity index is 877. The van der Waals surface area contributed by atoms with E-state index >= 15 is 0 Å². The molecule has 0 radical (unpaired) electrons. The van der Waals surface area contributed by atoms with Crippen LogP contribution in [0.4, 0.5) is 4.39 Å². The Morgan fingerprint density at radius 1 is 1.25 bits per heavy atom. The van der Waals surface area contributed by atoms with E-state index in [0.717, 1.165) is 23.1 Å². The molecule has 5 heteroatoms. The number of amides is 1. The van der Waals surface area contributed by atoms with Crippen molar-refractivity contribution in [2.45, 2.75) is 38.3 Å². The highest BCUT2D eigenvalue weighted by atomic mass is 32.1. The summed E-state index contributed by atoms with van der Waals surface area (Å²) in [6.45, 7) is 0.203. The van der Waals surface area contributed by atoms with E-state index in [0.29, 0.717) is 17.3 Å². The Morgan fingerprint density at radius 2 is 2.04 bits per heavy atom. The van der Waals surface area contributed by atoms with E-state index < -0.39 is 0 Å². The van der Waals surface area contributed by atoms with E-state index in [1.165, 1.54) is 18.9 Å². The summed E-state index contributed by atoms with van der Waals surface area (Å²) in [7, 11) is 0. The quantitative estimate of drug-likeness (QED) is 0.720. The molecule has 2 aromatic heterocycles. The third kappa shape index (κ3) is 2.73.